The molecule has 0 amide bonds. The highest BCUT2D eigenvalue weighted by atomic mass is 16.2. The van der Waals surface area contributed by atoms with Gasteiger partial charge in [0.15, 0.2) is 5.78 Å². The molecule has 0 unspecified atom stereocenters. The maximum absolute atomic E-state index is 13.1. The summed E-state index contributed by atoms with van der Waals surface area (Å²) in [5, 5.41) is 7.92. The second-order valence-corrected chi connectivity index (χ2v) is 6.49. The maximum atomic E-state index is 13.1. The van der Waals surface area contributed by atoms with Crippen LogP contribution in [0.1, 0.15) is 27.2 Å². The summed E-state index contributed by atoms with van der Waals surface area (Å²) >= 11 is 0. The Bertz CT molecular complexity index is 1190. The summed E-state index contributed by atoms with van der Waals surface area (Å²) in [6.07, 6.45) is 3.34. The third-order valence-electron chi connectivity index (χ3n) is 4.52. The number of nitrogens with one attached hydrogen (secondary N) is 1. The predicted molar refractivity (Wildman–Crippen MR) is 101 cm³/mol. The first-order chi connectivity index (χ1) is 12.8. The highest BCUT2D eigenvalue weighted by molar-refractivity contribution is 6.09. The lowest BCUT2D eigenvalue weighted by Gasteiger charge is -2.16. The smallest absolute Gasteiger partial charge is 0.330 e. The van der Waals surface area contributed by atoms with Gasteiger partial charge in [0, 0.05) is 32.1 Å². The van der Waals surface area contributed by atoms with Crippen molar-refractivity contribution in [2.45, 2.75) is 13.5 Å². The van der Waals surface area contributed by atoms with Crippen LogP contribution in [-0.2, 0) is 20.6 Å². The summed E-state index contributed by atoms with van der Waals surface area (Å²) < 4.78 is 4.00. The van der Waals surface area contributed by atoms with Gasteiger partial charge in [-0.2, -0.15) is 0 Å². The molecule has 0 bridgehead atoms. The van der Waals surface area contributed by atoms with Gasteiger partial charge in [0.1, 0.15) is 5.56 Å². The van der Waals surface area contributed by atoms with Crippen molar-refractivity contribution in [2.24, 2.45) is 14.1 Å². The van der Waals surface area contributed by atoms with Gasteiger partial charge in [-0.05, 0) is 25.1 Å². The molecule has 0 saturated carbocycles. The summed E-state index contributed by atoms with van der Waals surface area (Å²) in [6, 6.07) is 10.2. The summed E-state index contributed by atoms with van der Waals surface area (Å²) in [4.78, 5) is 38.3. The van der Waals surface area contributed by atoms with E-state index in [0.717, 1.165) is 10.1 Å². The lowest BCUT2D eigenvalue weighted by atomic mass is 10.0. The first-order valence-corrected chi connectivity index (χ1v) is 8.40. The van der Waals surface area contributed by atoms with Gasteiger partial charge in [-0.3, -0.25) is 18.7 Å². The molecule has 27 heavy (non-hydrogen) atoms. The average Bonchev–Trinajstić information content (AvgIpc) is 2.66. The fraction of sp³-hybridized carbons (Fsp3) is 0.200. The predicted octanol–water partition coefficient (Wildman–Crippen LogP) is 0.953. The molecule has 1 aromatic carbocycles. The minimum Gasteiger partial charge on any atom is -0.348 e. The molecule has 2 aromatic heterocycles. The zero-order chi connectivity index (χ0) is 19.7. The van der Waals surface area contributed by atoms with E-state index in [-0.39, 0.29) is 12.1 Å². The third-order valence-corrected chi connectivity index (χ3v) is 4.52. The third kappa shape index (κ3) is 3.44. The van der Waals surface area contributed by atoms with Crippen LogP contribution in [-0.4, -0.2) is 19.5 Å². The Balaban J connectivity index is 2.24. The molecule has 0 aliphatic carbocycles. The Hall–Kier alpha value is -3.48. The molecule has 0 aliphatic rings. The van der Waals surface area contributed by atoms with Gasteiger partial charge in [-0.25, -0.2) is 4.79 Å². The number of carbonyl (C=O) groups is 1. The van der Waals surface area contributed by atoms with Crippen molar-refractivity contribution in [1.82, 2.24) is 13.7 Å². The monoisotopic (exact) mass is 364 g/mol. The van der Waals surface area contributed by atoms with Gasteiger partial charge < -0.3 is 9.98 Å². The van der Waals surface area contributed by atoms with E-state index in [9.17, 15) is 14.4 Å². The van der Waals surface area contributed by atoms with Gasteiger partial charge in [0.25, 0.3) is 5.56 Å². The summed E-state index contributed by atoms with van der Waals surface area (Å²) in [5.74, 6) is -0.414. The lowest BCUT2D eigenvalue weighted by molar-refractivity contribution is 0.103. The van der Waals surface area contributed by atoms with Gasteiger partial charge in [0.2, 0.25) is 0 Å². The van der Waals surface area contributed by atoms with E-state index in [4.69, 9.17) is 5.41 Å². The van der Waals surface area contributed by atoms with Crippen LogP contribution in [0.3, 0.4) is 0 Å². The normalized spacial score (nSPS) is 10.8. The van der Waals surface area contributed by atoms with Crippen LogP contribution in [0.15, 0.2) is 58.4 Å². The van der Waals surface area contributed by atoms with Crippen LogP contribution >= 0.6 is 0 Å². The average molecular weight is 364 g/mol. The van der Waals surface area contributed by atoms with Crippen molar-refractivity contribution in [3.8, 4) is 0 Å². The second-order valence-electron chi connectivity index (χ2n) is 6.49. The molecule has 0 fully saturated rings. The zero-order valence-corrected chi connectivity index (χ0v) is 15.4. The van der Waals surface area contributed by atoms with E-state index < -0.39 is 17.0 Å². The Morgan fingerprint density at radius 2 is 1.70 bits per heavy atom. The number of hydrogen-bond acceptors (Lipinski definition) is 4. The van der Waals surface area contributed by atoms with E-state index in [2.05, 4.69) is 0 Å². The molecular weight excluding hydrogens is 344 g/mol. The van der Waals surface area contributed by atoms with Crippen molar-refractivity contribution >= 4 is 5.78 Å². The first-order valence-electron chi connectivity index (χ1n) is 8.40. The van der Waals surface area contributed by atoms with Crippen molar-refractivity contribution in [3.05, 3.63) is 97.4 Å². The molecule has 7 nitrogen and oxygen atoms in total. The van der Waals surface area contributed by atoms with Crippen LogP contribution < -0.4 is 16.6 Å². The summed E-state index contributed by atoms with van der Waals surface area (Å²) in [5.41, 5.74) is 0.513. The molecule has 1 N–H and O–H groups in total. The molecule has 138 valence electrons. The van der Waals surface area contributed by atoms with Crippen LogP contribution in [0, 0.1) is 12.3 Å². The SMILES string of the molecule is Cc1cccc(C(=O)c2c(Cn3ccc(=N)cc3)n(C)c(=O)n(C)c2=O)c1. The van der Waals surface area contributed by atoms with Gasteiger partial charge in [-0.15, -0.1) is 0 Å². The quantitative estimate of drug-likeness (QED) is 0.699. The number of rotatable bonds is 4. The van der Waals surface area contributed by atoms with Gasteiger partial charge >= 0.3 is 5.69 Å². The number of aryl methyl sites for hydroxylation is 1. The van der Waals surface area contributed by atoms with E-state index in [0.29, 0.717) is 16.6 Å². The summed E-state index contributed by atoms with van der Waals surface area (Å²) in [6.45, 7) is 2.03. The van der Waals surface area contributed by atoms with Crippen LogP contribution in [0.4, 0.5) is 0 Å². The van der Waals surface area contributed by atoms with E-state index in [1.165, 1.54) is 11.6 Å². The fourth-order valence-electron chi connectivity index (χ4n) is 2.97. The Labute approximate surface area is 155 Å². The number of nitrogens with zero attached hydrogens (tertiary/aromatic N) is 3. The fourth-order valence-corrected chi connectivity index (χ4v) is 2.97. The number of carbonyl (C=O) groups excluding carboxylic acids is 1. The first kappa shape index (κ1) is 18.3. The van der Waals surface area contributed by atoms with Crippen molar-refractivity contribution in [3.63, 3.8) is 0 Å². The Kier molecular flexibility index (Phi) is 4.77. The molecule has 3 aromatic rings. The molecule has 0 spiro atoms. The summed E-state index contributed by atoms with van der Waals surface area (Å²) in [7, 11) is 2.91. The number of aromatic nitrogens is 3. The molecule has 3 rings (SSSR count). The molecule has 0 atom stereocenters. The minimum atomic E-state index is -0.614. The number of pyridine rings is 1. The molecule has 7 heteroatoms. The van der Waals surface area contributed by atoms with Crippen LogP contribution in [0.2, 0.25) is 0 Å². The molecule has 0 saturated heterocycles. The zero-order valence-electron chi connectivity index (χ0n) is 15.4. The molecular formula is C20H20N4O3. The van der Waals surface area contributed by atoms with E-state index in [1.807, 2.05) is 13.0 Å². The van der Waals surface area contributed by atoms with Crippen molar-refractivity contribution < 1.29 is 4.79 Å². The van der Waals surface area contributed by atoms with Crippen molar-refractivity contribution in [2.75, 3.05) is 0 Å². The van der Waals surface area contributed by atoms with Crippen molar-refractivity contribution in [1.29, 1.82) is 5.41 Å². The van der Waals surface area contributed by atoms with E-state index in [1.54, 1.807) is 54.3 Å². The topological polar surface area (TPSA) is 89.8 Å². The highest BCUT2D eigenvalue weighted by Crippen LogP contribution is 2.13. The number of hydrogen-bond donors (Lipinski definition) is 1. The highest BCUT2D eigenvalue weighted by Gasteiger charge is 2.23. The lowest BCUT2D eigenvalue weighted by Crippen LogP contribution is -2.43. The van der Waals surface area contributed by atoms with Crippen LogP contribution in [0.25, 0.3) is 0 Å². The standard InChI is InChI=1S/C20H20N4O3/c1-13-5-4-6-14(11-13)18(25)17-16(12-24-9-7-15(21)8-10-24)22(2)20(27)23(3)19(17)26/h4-11,21H,12H2,1-3H3. The van der Waals surface area contributed by atoms with Crippen LogP contribution in [0.5, 0.6) is 0 Å². The van der Waals surface area contributed by atoms with Gasteiger partial charge in [0.05, 0.1) is 17.6 Å². The molecule has 0 aliphatic heterocycles. The molecule has 0 radical (unpaired) electrons. The minimum absolute atomic E-state index is 0.0207. The van der Waals surface area contributed by atoms with Gasteiger partial charge in [-0.1, -0.05) is 23.8 Å². The Morgan fingerprint density at radius 1 is 1.04 bits per heavy atom. The number of benzene rings is 1. The Morgan fingerprint density at radius 3 is 2.33 bits per heavy atom. The largest absolute Gasteiger partial charge is 0.348 e. The van der Waals surface area contributed by atoms with E-state index >= 15 is 0 Å². The number of ketones is 1. The second kappa shape index (κ2) is 7.03. The molecule has 2 heterocycles. The maximum Gasteiger partial charge on any atom is 0.330 e.